The number of benzene rings is 1. The van der Waals surface area contributed by atoms with Crippen molar-refractivity contribution in [3.63, 3.8) is 0 Å². The number of anilines is 1. The molecule has 3 rings (SSSR count). The van der Waals surface area contributed by atoms with Crippen LogP contribution in [0.1, 0.15) is 17.0 Å². The summed E-state index contributed by atoms with van der Waals surface area (Å²) in [6, 6.07) is 7.59. The Bertz CT molecular complexity index is 901. The highest BCUT2D eigenvalue weighted by atomic mass is 16.6. The first-order valence-electron chi connectivity index (χ1n) is 7.24. The lowest BCUT2D eigenvalue weighted by Crippen LogP contribution is -2.09. The van der Waals surface area contributed by atoms with E-state index in [9.17, 15) is 10.1 Å². The molecule has 0 aliphatic carbocycles. The Morgan fingerprint density at radius 3 is 2.74 bits per heavy atom. The molecule has 118 valence electrons. The first-order valence-corrected chi connectivity index (χ1v) is 7.24. The van der Waals surface area contributed by atoms with Gasteiger partial charge in [0, 0.05) is 18.8 Å². The standard InChI is InChI=1S/C16H17N5O2/c1-10-5-4-6-12-14(10)20(3)13(19-12)9-18-16-15(21(22)23)11(2)7-8-17-16/h4-8H,9H2,1-3H3,(H,17,18). The molecule has 0 aliphatic heterocycles. The molecular weight excluding hydrogens is 294 g/mol. The minimum Gasteiger partial charge on any atom is -0.357 e. The van der Waals surface area contributed by atoms with Gasteiger partial charge in [0.2, 0.25) is 5.82 Å². The average Bonchev–Trinajstić information content (AvgIpc) is 2.82. The van der Waals surface area contributed by atoms with Gasteiger partial charge >= 0.3 is 5.69 Å². The van der Waals surface area contributed by atoms with Gasteiger partial charge < -0.3 is 9.88 Å². The summed E-state index contributed by atoms with van der Waals surface area (Å²) in [6.45, 7) is 4.10. The largest absolute Gasteiger partial charge is 0.357 e. The summed E-state index contributed by atoms with van der Waals surface area (Å²) in [6.07, 6.45) is 1.56. The molecule has 0 spiro atoms. The second-order valence-electron chi connectivity index (χ2n) is 5.47. The van der Waals surface area contributed by atoms with Crippen LogP contribution in [0.4, 0.5) is 11.5 Å². The number of hydrogen-bond acceptors (Lipinski definition) is 5. The van der Waals surface area contributed by atoms with Gasteiger partial charge in [0.25, 0.3) is 0 Å². The average molecular weight is 311 g/mol. The normalized spacial score (nSPS) is 10.9. The quantitative estimate of drug-likeness (QED) is 0.591. The molecule has 0 amide bonds. The molecule has 23 heavy (non-hydrogen) atoms. The zero-order valence-electron chi connectivity index (χ0n) is 13.2. The van der Waals surface area contributed by atoms with Crippen LogP contribution >= 0.6 is 0 Å². The topological polar surface area (TPSA) is 85.9 Å². The van der Waals surface area contributed by atoms with Crippen molar-refractivity contribution in [2.45, 2.75) is 20.4 Å². The van der Waals surface area contributed by atoms with Crippen LogP contribution in [0, 0.1) is 24.0 Å². The minimum absolute atomic E-state index is 0.00226. The second kappa shape index (κ2) is 5.68. The molecule has 0 atom stereocenters. The molecule has 0 saturated carbocycles. The molecule has 7 heteroatoms. The third-order valence-electron chi connectivity index (χ3n) is 3.91. The van der Waals surface area contributed by atoms with Crippen molar-refractivity contribution in [3.05, 3.63) is 57.5 Å². The van der Waals surface area contributed by atoms with Gasteiger partial charge in [0.15, 0.2) is 0 Å². The maximum atomic E-state index is 11.2. The van der Waals surface area contributed by atoms with E-state index in [0.717, 1.165) is 22.4 Å². The molecule has 0 aliphatic rings. The number of hydrogen-bond donors (Lipinski definition) is 1. The van der Waals surface area contributed by atoms with Crippen LogP contribution in [0.2, 0.25) is 0 Å². The van der Waals surface area contributed by atoms with Crippen LogP contribution in [0.15, 0.2) is 30.5 Å². The number of imidazole rings is 1. The van der Waals surface area contributed by atoms with Gasteiger partial charge in [0.05, 0.1) is 22.5 Å². The van der Waals surface area contributed by atoms with E-state index in [1.54, 1.807) is 19.2 Å². The predicted octanol–water partition coefficient (Wildman–Crippen LogP) is 3.11. The number of aromatic nitrogens is 3. The molecule has 0 fully saturated rings. The van der Waals surface area contributed by atoms with E-state index in [1.807, 2.05) is 36.7 Å². The molecule has 2 heterocycles. The Balaban J connectivity index is 1.93. The van der Waals surface area contributed by atoms with Crippen LogP contribution in [-0.2, 0) is 13.6 Å². The number of nitro groups is 1. The second-order valence-corrected chi connectivity index (χ2v) is 5.47. The first kappa shape index (κ1) is 15.0. The van der Waals surface area contributed by atoms with Gasteiger partial charge in [-0.3, -0.25) is 10.1 Å². The lowest BCUT2D eigenvalue weighted by atomic mass is 10.2. The van der Waals surface area contributed by atoms with E-state index >= 15 is 0 Å². The Kier molecular flexibility index (Phi) is 3.69. The molecule has 0 bridgehead atoms. The predicted molar refractivity (Wildman–Crippen MR) is 88.4 cm³/mol. The van der Waals surface area contributed by atoms with E-state index in [-0.39, 0.29) is 11.5 Å². The number of pyridine rings is 1. The number of nitrogens with zero attached hydrogens (tertiary/aromatic N) is 4. The zero-order valence-corrected chi connectivity index (χ0v) is 13.2. The summed E-state index contributed by atoms with van der Waals surface area (Å²) in [5, 5.41) is 14.2. The van der Waals surface area contributed by atoms with E-state index in [0.29, 0.717) is 12.1 Å². The molecule has 1 N–H and O–H groups in total. The van der Waals surface area contributed by atoms with E-state index < -0.39 is 4.92 Å². The monoisotopic (exact) mass is 311 g/mol. The molecule has 1 aromatic carbocycles. The fourth-order valence-electron chi connectivity index (χ4n) is 2.74. The minimum atomic E-state index is -0.413. The van der Waals surface area contributed by atoms with Crippen molar-refractivity contribution in [2.24, 2.45) is 7.05 Å². The van der Waals surface area contributed by atoms with Gasteiger partial charge in [-0.15, -0.1) is 0 Å². The number of fused-ring (bicyclic) bond motifs is 1. The van der Waals surface area contributed by atoms with Crippen molar-refractivity contribution in [1.82, 2.24) is 14.5 Å². The highest BCUT2D eigenvalue weighted by Crippen LogP contribution is 2.26. The van der Waals surface area contributed by atoms with Crippen molar-refractivity contribution in [2.75, 3.05) is 5.32 Å². The summed E-state index contributed by atoms with van der Waals surface area (Å²) in [5.41, 5.74) is 3.70. The maximum Gasteiger partial charge on any atom is 0.314 e. The van der Waals surface area contributed by atoms with Crippen molar-refractivity contribution in [1.29, 1.82) is 0 Å². The SMILES string of the molecule is Cc1ccnc(NCc2nc3cccc(C)c3n2C)c1[N+](=O)[O-]. The Hall–Kier alpha value is -2.96. The zero-order chi connectivity index (χ0) is 16.6. The third kappa shape index (κ3) is 2.61. The van der Waals surface area contributed by atoms with Crippen LogP contribution in [0.3, 0.4) is 0 Å². The van der Waals surface area contributed by atoms with Crippen molar-refractivity contribution in [3.8, 4) is 0 Å². The molecule has 7 nitrogen and oxygen atoms in total. The molecule has 0 radical (unpaired) electrons. The van der Waals surface area contributed by atoms with E-state index in [4.69, 9.17) is 0 Å². The number of aryl methyl sites for hydroxylation is 3. The fraction of sp³-hybridized carbons (Fsp3) is 0.250. The van der Waals surface area contributed by atoms with Gasteiger partial charge in [-0.25, -0.2) is 9.97 Å². The first-order chi connectivity index (χ1) is 11.0. The lowest BCUT2D eigenvalue weighted by Gasteiger charge is -2.08. The van der Waals surface area contributed by atoms with Gasteiger partial charge in [-0.2, -0.15) is 0 Å². The smallest absolute Gasteiger partial charge is 0.314 e. The summed E-state index contributed by atoms with van der Waals surface area (Å²) in [7, 11) is 1.94. The Labute approximate surface area is 133 Å². The van der Waals surface area contributed by atoms with Crippen LogP contribution in [-0.4, -0.2) is 19.5 Å². The van der Waals surface area contributed by atoms with Crippen LogP contribution in [0.5, 0.6) is 0 Å². The summed E-state index contributed by atoms with van der Waals surface area (Å²) < 4.78 is 2.00. The van der Waals surface area contributed by atoms with Crippen LogP contribution in [0.25, 0.3) is 11.0 Å². The number of rotatable bonds is 4. The molecule has 3 aromatic rings. The molecule has 0 saturated heterocycles. The Morgan fingerprint density at radius 2 is 2.04 bits per heavy atom. The molecule has 2 aromatic heterocycles. The maximum absolute atomic E-state index is 11.2. The van der Waals surface area contributed by atoms with Gasteiger partial charge in [0.1, 0.15) is 5.82 Å². The van der Waals surface area contributed by atoms with E-state index in [1.165, 1.54) is 0 Å². The lowest BCUT2D eigenvalue weighted by molar-refractivity contribution is -0.384. The van der Waals surface area contributed by atoms with Gasteiger partial charge in [-0.1, -0.05) is 12.1 Å². The van der Waals surface area contributed by atoms with E-state index in [2.05, 4.69) is 15.3 Å². The van der Waals surface area contributed by atoms with Crippen molar-refractivity contribution < 1.29 is 4.92 Å². The molecular formula is C16H17N5O2. The number of nitrogens with one attached hydrogen (secondary N) is 1. The molecule has 0 unspecified atom stereocenters. The highest BCUT2D eigenvalue weighted by molar-refractivity contribution is 5.79. The van der Waals surface area contributed by atoms with Crippen LogP contribution < -0.4 is 5.32 Å². The van der Waals surface area contributed by atoms with Gasteiger partial charge in [-0.05, 0) is 31.5 Å². The summed E-state index contributed by atoms with van der Waals surface area (Å²) in [5.74, 6) is 1.06. The summed E-state index contributed by atoms with van der Waals surface area (Å²) in [4.78, 5) is 19.5. The highest BCUT2D eigenvalue weighted by Gasteiger charge is 2.19. The third-order valence-corrected chi connectivity index (χ3v) is 3.91. The Morgan fingerprint density at radius 1 is 1.26 bits per heavy atom. The summed E-state index contributed by atoms with van der Waals surface area (Å²) >= 11 is 0. The van der Waals surface area contributed by atoms with Crippen molar-refractivity contribution >= 4 is 22.5 Å². The fourth-order valence-corrected chi connectivity index (χ4v) is 2.74. The number of para-hydroxylation sites is 1.